The Kier molecular flexibility index (Phi) is 1.79. The van der Waals surface area contributed by atoms with Crippen molar-refractivity contribution in [2.24, 2.45) is 5.73 Å². The van der Waals surface area contributed by atoms with E-state index in [1.807, 2.05) is 24.3 Å². The van der Waals surface area contributed by atoms with Gasteiger partial charge >= 0.3 is 0 Å². The number of hydrogen-bond acceptors (Lipinski definition) is 4. The number of fused-ring (bicyclic) bond motifs is 1. The molecule has 1 unspecified atom stereocenters. The molecule has 0 saturated carbocycles. The van der Waals surface area contributed by atoms with Crippen molar-refractivity contribution < 1.29 is 4.79 Å². The predicted octanol–water partition coefficient (Wildman–Crippen LogP) is -0.0761. The van der Waals surface area contributed by atoms with Gasteiger partial charge in [-0.2, -0.15) is 0 Å². The molecule has 1 aliphatic rings. The van der Waals surface area contributed by atoms with Crippen molar-refractivity contribution in [3.05, 3.63) is 29.8 Å². The summed E-state index contributed by atoms with van der Waals surface area (Å²) < 4.78 is 0. The van der Waals surface area contributed by atoms with E-state index >= 15 is 0 Å². The first kappa shape index (κ1) is 8.22. The Labute approximate surface area is 76.1 Å². The molecule has 4 N–H and O–H groups in total. The maximum Gasteiger partial charge on any atom is 0.259 e. The van der Waals surface area contributed by atoms with Gasteiger partial charge in [0.25, 0.3) is 6.29 Å². The Hall–Kier alpha value is -1.39. The van der Waals surface area contributed by atoms with Gasteiger partial charge in [-0.25, -0.2) is 0 Å². The van der Waals surface area contributed by atoms with Gasteiger partial charge in [0.05, 0.1) is 0 Å². The molecule has 0 amide bonds. The summed E-state index contributed by atoms with van der Waals surface area (Å²) in [6.07, 6.45) is 1.73. The maximum absolute atomic E-state index is 10.5. The minimum Gasteiger partial charge on any atom is -0.348 e. The number of hydrogen-bond donors (Lipinski definition) is 3. The Morgan fingerprint density at radius 1 is 1.46 bits per heavy atom. The first-order valence-electron chi connectivity index (χ1n) is 4.03. The molecule has 1 heterocycles. The molecule has 0 aromatic heterocycles. The molecule has 13 heavy (non-hydrogen) atoms. The number of anilines is 1. The highest BCUT2D eigenvalue weighted by Crippen LogP contribution is 2.20. The van der Waals surface area contributed by atoms with Crippen LogP contribution in [0.15, 0.2) is 24.3 Å². The lowest BCUT2D eigenvalue weighted by Crippen LogP contribution is -2.62. The van der Waals surface area contributed by atoms with Crippen molar-refractivity contribution in [3.8, 4) is 0 Å². The van der Waals surface area contributed by atoms with Gasteiger partial charge < -0.3 is 5.32 Å². The second kappa shape index (κ2) is 2.83. The van der Waals surface area contributed by atoms with Crippen LogP contribution in [-0.4, -0.2) is 12.1 Å². The molecule has 67 valence electrons. The molecule has 4 nitrogen and oxygen atoms in total. The van der Waals surface area contributed by atoms with Crippen LogP contribution < -0.4 is 16.4 Å². The Morgan fingerprint density at radius 3 is 3.00 bits per heavy atom. The lowest BCUT2D eigenvalue weighted by atomic mass is 10.1. The molecule has 0 spiro atoms. The number of nitrogens with one attached hydrogen (secondary N) is 2. The van der Waals surface area contributed by atoms with Gasteiger partial charge in [-0.1, -0.05) is 18.2 Å². The van der Waals surface area contributed by atoms with Gasteiger partial charge in [0.15, 0.2) is 0 Å². The Balaban J connectivity index is 2.34. The molecule has 0 bridgehead atoms. The standard InChI is InChI=1S/C9H10N3O/c10-9(6-13)11-5-7-3-1-2-4-8(7)12-9/h1-4,11-12H,5,10H2. The smallest absolute Gasteiger partial charge is 0.259 e. The molecular weight excluding hydrogens is 166 g/mol. The van der Waals surface area contributed by atoms with E-state index in [0.29, 0.717) is 6.54 Å². The SMILES string of the molecule is NC1([C]=O)NCc2ccccc2N1. The number of rotatable bonds is 1. The third-order valence-corrected chi connectivity index (χ3v) is 2.07. The van der Waals surface area contributed by atoms with E-state index in [1.165, 1.54) is 0 Å². The van der Waals surface area contributed by atoms with Crippen molar-refractivity contribution in [1.82, 2.24) is 5.32 Å². The summed E-state index contributed by atoms with van der Waals surface area (Å²) >= 11 is 0. The summed E-state index contributed by atoms with van der Waals surface area (Å²) in [5.74, 6) is -1.24. The lowest BCUT2D eigenvalue weighted by molar-refractivity contribution is 0.434. The van der Waals surface area contributed by atoms with E-state index in [9.17, 15) is 4.79 Å². The molecule has 0 saturated heterocycles. The lowest BCUT2D eigenvalue weighted by Gasteiger charge is -2.32. The highest BCUT2D eigenvalue weighted by Gasteiger charge is 2.29. The molecule has 0 aliphatic carbocycles. The van der Waals surface area contributed by atoms with Crippen molar-refractivity contribution >= 4 is 12.0 Å². The van der Waals surface area contributed by atoms with Crippen LogP contribution in [0, 0.1) is 0 Å². The first-order valence-corrected chi connectivity index (χ1v) is 4.03. The fourth-order valence-corrected chi connectivity index (χ4v) is 1.35. The van der Waals surface area contributed by atoms with Gasteiger partial charge in [0, 0.05) is 12.2 Å². The van der Waals surface area contributed by atoms with Crippen LogP contribution in [0.1, 0.15) is 5.56 Å². The fraction of sp³-hybridized carbons (Fsp3) is 0.222. The summed E-state index contributed by atoms with van der Waals surface area (Å²) in [7, 11) is 0. The minimum absolute atomic E-state index is 0.578. The third-order valence-electron chi connectivity index (χ3n) is 2.07. The van der Waals surface area contributed by atoms with Crippen molar-refractivity contribution in [2.45, 2.75) is 12.3 Å². The zero-order valence-electron chi connectivity index (χ0n) is 7.00. The zero-order chi connectivity index (χ0) is 9.31. The quantitative estimate of drug-likeness (QED) is 0.560. The van der Waals surface area contributed by atoms with Crippen molar-refractivity contribution in [2.75, 3.05) is 5.32 Å². The van der Waals surface area contributed by atoms with Crippen LogP contribution in [0.3, 0.4) is 0 Å². The normalized spacial score (nSPS) is 25.9. The molecule has 4 heteroatoms. The largest absolute Gasteiger partial charge is 0.348 e. The van der Waals surface area contributed by atoms with E-state index in [1.54, 1.807) is 6.29 Å². The highest BCUT2D eigenvalue weighted by molar-refractivity contribution is 5.72. The first-order chi connectivity index (χ1) is 6.23. The van der Waals surface area contributed by atoms with E-state index in [0.717, 1.165) is 11.3 Å². The average Bonchev–Trinajstić information content (AvgIpc) is 2.18. The Bertz CT molecular complexity index is 339. The van der Waals surface area contributed by atoms with Crippen molar-refractivity contribution in [1.29, 1.82) is 0 Å². The summed E-state index contributed by atoms with van der Waals surface area (Å²) in [6, 6.07) is 7.69. The summed E-state index contributed by atoms with van der Waals surface area (Å²) in [5, 5.41) is 5.71. The number of para-hydroxylation sites is 1. The molecule has 0 fully saturated rings. The van der Waals surface area contributed by atoms with Gasteiger partial charge in [-0.05, 0) is 11.6 Å². The van der Waals surface area contributed by atoms with Gasteiger partial charge in [-0.3, -0.25) is 15.8 Å². The molecule has 1 aromatic carbocycles. The molecule has 1 aliphatic heterocycles. The second-order valence-corrected chi connectivity index (χ2v) is 3.05. The summed E-state index contributed by atoms with van der Waals surface area (Å²) in [5.41, 5.74) is 7.61. The van der Waals surface area contributed by atoms with Gasteiger partial charge in [0.2, 0.25) is 5.79 Å². The Morgan fingerprint density at radius 2 is 2.23 bits per heavy atom. The minimum atomic E-state index is -1.24. The van der Waals surface area contributed by atoms with E-state index in [2.05, 4.69) is 10.6 Å². The second-order valence-electron chi connectivity index (χ2n) is 3.05. The molecule has 1 atom stereocenters. The van der Waals surface area contributed by atoms with Crippen LogP contribution in [0.4, 0.5) is 5.69 Å². The van der Waals surface area contributed by atoms with Crippen LogP contribution >= 0.6 is 0 Å². The van der Waals surface area contributed by atoms with E-state index in [-0.39, 0.29) is 0 Å². The van der Waals surface area contributed by atoms with Crippen LogP contribution in [0.5, 0.6) is 0 Å². The molecule has 2 rings (SSSR count). The zero-order valence-corrected chi connectivity index (χ0v) is 7.00. The number of benzene rings is 1. The molecule has 1 aromatic rings. The average molecular weight is 176 g/mol. The van der Waals surface area contributed by atoms with Crippen LogP contribution in [-0.2, 0) is 11.3 Å². The number of carbonyl (C=O) groups excluding carboxylic acids is 1. The van der Waals surface area contributed by atoms with Crippen molar-refractivity contribution in [3.63, 3.8) is 0 Å². The van der Waals surface area contributed by atoms with E-state index in [4.69, 9.17) is 5.73 Å². The molecular formula is C9H10N3O. The maximum atomic E-state index is 10.5. The molecule has 1 radical (unpaired) electrons. The van der Waals surface area contributed by atoms with Gasteiger partial charge in [-0.15, -0.1) is 0 Å². The van der Waals surface area contributed by atoms with Crippen LogP contribution in [0.2, 0.25) is 0 Å². The summed E-state index contributed by atoms with van der Waals surface area (Å²) in [6.45, 7) is 0.578. The fourth-order valence-electron chi connectivity index (χ4n) is 1.35. The number of nitrogens with two attached hydrogens (primary N) is 1. The highest BCUT2D eigenvalue weighted by atomic mass is 16.1. The van der Waals surface area contributed by atoms with E-state index < -0.39 is 5.79 Å². The van der Waals surface area contributed by atoms with Crippen LogP contribution in [0.25, 0.3) is 0 Å². The topological polar surface area (TPSA) is 67.2 Å². The van der Waals surface area contributed by atoms with Gasteiger partial charge in [0.1, 0.15) is 0 Å². The third kappa shape index (κ3) is 1.41. The monoisotopic (exact) mass is 176 g/mol. The summed E-state index contributed by atoms with van der Waals surface area (Å²) in [4.78, 5) is 10.5. The predicted molar refractivity (Wildman–Crippen MR) is 49.5 cm³/mol.